The van der Waals surface area contributed by atoms with Crippen LogP contribution in [0.5, 0.6) is 0 Å². The largest absolute Gasteiger partial charge is 0.464 e. The van der Waals surface area contributed by atoms with Crippen LogP contribution in [0.4, 0.5) is 10.5 Å². The van der Waals surface area contributed by atoms with Crippen molar-refractivity contribution in [1.29, 1.82) is 0 Å². The topological polar surface area (TPSA) is 139 Å². The molecule has 204 valence electrons. The molecular weight excluding hydrogens is 545 g/mol. The molecule has 0 spiro atoms. The Morgan fingerprint density at radius 3 is 2.41 bits per heavy atom. The van der Waals surface area contributed by atoms with Crippen molar-refractivity contribution in [3.05, 3.63) is 93.7 Å². The van der Waals surface area contributed by atoms with Gasteiger partial charge in [-0.05, 0) is 60.5 Å². The third-order valence-corrected chi connectivity index (χ3v) is 5.67. The molecule has 0 saturated carbocycles. The molecule has 1 heterocycles. The predicted molar refractivity (Wildman–Crippen MR) is 148 cm³/mol. The van der Waals surface area contributed by atoms with Gasteiger partial charge in [0.15, 0.2) is 0 Å². The third kappa shape index (κ3) is 9.91. The molecule has 1 unspecified atom stereocenters. The molecule has 0 aliphatic rings. The average Bonchev–Trinajstić information content (AvgIpc) is 2.90. The highest BCUT2D eigenvalue weighted by Gasteiger charge is 2.23. The third-order valence-electron chi connectivity index (χ3n) is 5.24. The van der Waals surface area contributed by atoms with Gasteiger partial charge in [-0.2, -0.15) is 0 Å². The van der Waals surface area contributed by atoms with Gasteiger partial charge in [-0.1, -0.05) is 35.3 Å². The number of benzene rings is 2. The highest BCUT2D eigenvalue weighted by Crippen LogP contribution is 2.19. The Morgan fingerprint density at radius 2 is 1.72 bits per heavy atom. The Kier molecular flexibility index (Phi) is 11.1. The van der Waals surface area contributed by atoms with Crippen LogP contribution in [-0.2, 0) is 27.3 Å². The van der Waals surface area contributed by atoms with E-state index in [0.717, 1.165) is 11.1 Å². The second-order valence-electron chi connectivity index (χ2n) is 8.29. The van der Waals surface area contributed by atoms with Crippen molar-refractivity contribution in [3.8, 4) is 0 Å². The van der Waals surface area contributed by atoms with Crippen LogP contribution in [-0.4, -0.2) is 48.0 Å². The fraction of sp³-hybridized carbons (Fsp3) is 0.222. The molecule has 39 heavy (non-hydrogen) atoms. The number of nitrogens with one attached hydrogen (secondary N) is 4. The van der Waals surface area contributed by atoms with E-state index in [1.54, 1.807) is 61.8 Å². The van der Waals surface area contributed by atoms with Crippen LogP contribution in [0.2, 0.25) is 10.0 Å². The molecule has 3 aromatic rings. The summed E-state index contributed by atoms with van der Waals surface area (Å²) in [5.74, 6) is -1.70. The Balaban J connectivity index is 1.51. The first-order chi connectivity index (χ1) is 18.7. The highest BCUT2D eigenvalue weighted by atomic mass is 35.5. The number of esters is 1. The zero-order valence-corrected chi connectivity index (χ0v) is 22.5. The Bertz CT molecular complexity index is 1300. The van der Waals surface area contributed by atoms with Gasteiger partial charge in [-0.25, -0.2) is 9.59 Å². The van der Waals surface area contributed by atoms with Crippen molar-refractivity contribution in [2.45, 2.75) is 25.9 Å². The minimum Gasteiger partial charge on any atom is -0.464 e. The number of halogens is 2. The molecule has 4 amide bonds. The smallest absolute Gasteiger partial charge is 0.328 e. The van der Waals surface area contributed by atoms with Gasteiger partial charge in [0.2, 0.25) is 5.91 Å². The predicted octanol–water partition coefficient (Wildman–Crippen LogP) is 3.73. The molecule has 0 saturated heterocycles. The first-order valence-electron chi connectivity index (χ1n) is 12.0. The number of hydrogen-bond acceptors (Lipinski definition) is 6. The highest BCUT2D eigenvalue weighted by molar-refractivity contribution is 6.34. The Labute approximate surface area is 235 Å². The van der Waals surface area contributed by atoms with Gasteiger partial charge in [0.05, 0.1) is 13.2 Å². The van der Waals surface area contributed by atoms with E-state index in [1.807, 2.05) is 0 Å². The van der Waals surface area contributed by atoms with Crippen LogP contribution in [0, 0.1) is 0 Å². The lowest BCUT2D eigenvalue weighted by molar-refractivity contribution is -0.147. The van der Waals surface area contributed by atoms with Crippen molar-refractivity contribution in [2.75, 3.05) is 18.5 Å². The van der Waals surface area contributed by atoms with Gasteiger partial charge in [0, 0.05) is 46.7 Å². The number of anilines is 1. The summed E-state index contributed by atoms with van der Waals surface area (Å²) in [5, 5.41) is 11.3. The number of carbonyl (C=O) groups excluding carboxylic acids is 4. The molecule has 2 aromatic carbocycles. The molecule has 10 nitrogen and oxygen atoms in total. The molecule has 1 atom stereocenters. The van der Waals surface area contributed by atoms with E-state index in [9.17, 15) is 19.2 Å². The lowest BCUT2D eigenvalue weighted by atomic mass is 10.1. The molecule has 12 heteroatoms. The van der Waals surface area contributed by atoms with Gasteiger partial charge in [0.25, 0.3) is 5.91 Å². The average molecular weight is 572 g/mol. The number of pyridine rings is 1. The SMILES string of the molecule is CCOC(=O)C(Cc1cccnc1)NC(=O)CNC(=O)c1cccc(NC(=O)NCc2cc(Cl)cc(Cl)c2)c1. The van der Waals surface area contributed by atoms with Crippen LogP contribution >= 0.6 is 23.2 Å². The summed E-state index contributed by atoms with van der Waals surface area (Å²) in [6, 6.07) is 13.2. The minimum atomic E-state index is -0.937. The standard InChI is InChI=1S/C27H27Cl2N5O5/c1-2-39-26(37)23(11-17-5-4-8-30-14-17)34-24(35)16-31-25(36)19-6-3-7-22(12-19)33-27(38)32-15-18-9-20(28)13-21(29)10-18/h3-10,12-14,23H,2,11,15-16H2,1H3,(H,31,36)(H,34,35)(H2,32,33,38). The quantitative estimate of drug-likeness (QED) is 0.259. The van der Waals surface area contributed by atoms with Crippen molar-refractivity contribution < 1.29 is 23.9 Å². The Morgan fingerprint density at radius 1 is 0.949 bits per heavy atom. The van der Waals surface area contributed by atoms with E-state index in [1.165, 1.54) is 12.1 Å². The molecule has 1 aromatic heterocycles. The van der Waals surface area contributed by atoms with E-state index in [4.69, 9.17) is 27.9 Å². The molecule has 0 aliphatic heterocycles. The van der Waals surface area contributed by atoms with E-state index < -0.39 is 29.9 Å². The van der Waals surface area contributed by atoms with Crippen molar-refractivity contribution in [1.82, 2.24) is 20.9 Å². The second-order valence-corrected chi connectivity index (χ2v) is 9.16. The first kappa shape index (κ1) is 29.4. The normalized spacial score (nSPS) is 11.2. The van der Waals surface area contributed by atoms with Crippen molar-refractivity contribution in [3.63, 3.8) is 0 Å². The molecular formula is C27H27Cl2N5O5. The van der Waals surface area contributed by atoms with Gasteiger partial charge < -0.3 is 26.0 Å². The number of urea groups is 1. The number of rotatable bonds is 11. The lowest BCUT2D eigenvalue weighted by Gasteiger charge is -2.17. The number of ether oxygens (including phenoxy) is 1. The zero-order valence-electron chi connectivity index (χ0n) is 21.0. The fourth-order valence-electron chi connectivity index (χ4n) is 3.51. The minimum absolute atomic E-state index is 0.159. The van der Waals surface area contributed by atoms with Crippen LogP contribution < -0.4 is 21.3 Å². The Hall–Kier alpha value is -4.15. The summed E-state index contributed by atoms with van der Waals surface area (Å²) in [7, 11) is 0. The van der Waals surface area contributed by atoms with E-state index in [0.29, 0.717) is 15.7 Å². The number of aromatic nitrogens is 1. The number of carbonyl (C=O) groups is 4. The maximum Gasteiger partial charge on any atom is 0.328 e. The summed E-state index contributed by atoms with van der Waals surface area (Å²) in [6.45, 7) is 1.65. The summed E-state index contributed by atoms with van der Waals surface area (Å²) in [4.78, 5) is 53.8. The molecule has 3 rings (SSSR count). The van der Waals surface area contributed by atoms with Crippen molar-refractivity contribution in [2.24, 2.45) is 0 Å². The van der Waals surface area contributed by atoms with Crippen molar-refractivity contribution >= 4 is 52.7 Å². The molecule has 0 radical (unpaired) electrons. The second kappa shape index (κ2) is 14.7. The zero-order chi connectivity index (χ0) is 28.2. The van der Waals surface area contributed by atoms with Crippen LogP contribution in [0.1, 0.15) is 28.4 Å². The van der Waals surface area contributed by atoms with Gasteiger partial charge >= 0.3 is 12.0 Å². The number of amides is 4. The molecule has 0 fully saturated rings. The number of nitrogens with zero attached hydrogens (tertiary/aromatic N) is 1. The van der Waals surface area contributed by atoms with Gasteiger partial charge in [-0.15, -0.1) is 0 Å². The van der Waals surface area contributed by atoms with Crippen LogP contribution in [0.25, 0.3) is 0 Å². The first-order valence-corrected chi connectivity index (χ1v) is 12.7. The monoisotopic (exact) mass is 571 g/mol. The summed E-state index contributed by atoms with van der Waals surface area (Å²) in [6.07, 6.45) is 3.38. The molecule has 0 bridgehead atoms. The maximum absolute atomic E-state index is 12.6. The van der Waals surface area contributed by atoms with Gasteiger partial charge in [-0.3, -0.25) is 14.6 Å². The lowest BCUT2D eigenvalue weighted by Crippen LogP contribution is -2.47. The maximum atomic E-state index is 12.6. The van der Waals surface area contributed by atoms with E-state index in [2.05, 4.69) is 26.3 Å². The summed E-state index contributed by atoms with van der Waals surface area (Å²) < 4.78 is 5.06. The molecule has 4 N–H and O–H groups in total. The van der Waals surface area contributed by atoms with Gasteiger partial charge in [0.1, 0.15) is 6.04 Å². The van der Waals surface area contributed by atoms with E-state index >= 15 is 0 Å². The van der Waals surface area contributed by atoms with Crippen LogP contribution in [0.15, 0.2) is 67.0 Å². The van der Waals surface area contributed by atoms with E-state index in [-0.39, 0.29) is 31.7 Å². The van der Waals surface area contributed by atoms with Crippen LogP contribution in [0.3, 0.4) is 0 Å². The number of hydrogen-bond donors (Lipinski definition) is 4. The summed E-state index contributed by atoms with van der Waals surface area (Å²) >= 11 is 11.9. The summed E-state index contributed by atoms with van der Waals surface area (Å²) in [5.41, 5.74) is 2.05. The fourth-order valence-corrected chi connectivity index (χ4v) is 4.08. The molecule has 0 aliphatic carbocycles.